The Morgan fingerprint density at radius 1 is 1.19 bits per heavy atom. The van der Waals surface area contributed by atoms with Gasteiger partial charge >= 0.3 is 0 Å². The Hall–Kier alpha value is -2.53. The molecule has 5 nitrogen and oxygen atoms in total. The van der Waals surface area contributed by atoms with Gasteiger partial charge in [0.15, 0.2) is 0 Å². The van der Waals surface area contributed by atoms with Crippen LogP contribution in [0.15, 0.2) is 48.5 Å². The number of anilines is 1. The van der Waals surface area contributed by atoms with Crippen LogP contribution in [0.1, 0.15) is 55.5 Å². The predicted octanol–water partition coefficient (Wildman–Crippen LogP) is 4.74. The van der Waals surface area contributed by atoms with Gasteiger partial charge in [0.05, 0.1) is 7.11 Å². The summed E-state index contributed by atoms with van der Waals surface area (Å²) in [4.78, 5) is 17.0. The van der Waals surface area contributed by atoms with Crippen LogP contribution in [-0.2, 0) is 5.54 Å². The minimum atomic E-state index is 0.0494. The van der Waals surface area contributed by atoms with Crippen LogP contribution < -0.4 is 10.1 Å². The third-order valence-electron chi connectivity index (χ3n) is 7.42. The van der Waals surface area contributed by atoms with Gasteiger partial charge in [0.25, 0.3) is 5.91 Å². The van der Waals surface area contributed by atoms with Gasteiger partial charge in [-0.05, 0) is 88.5 Å². The number of nitrogens with zero attached hydrogens (tertiary/aromatic N) is 2. The molecular formula is C26H35N3O2. The molecule has 0 aliphatic carbocycles. The molecule has 31 heavy (non-hydrogen) atoms. The minimum absolute atomic E-state index is 0.0494. The highest BCUT2D eigenvalue weighted by atomic mass is 16.5. The maximum absolute atomic E-state index is 12.6. The molecule has 2 aromatic carbocycles. The Morgan fingerprint density at radius 3 is 2.61 bits per heavy atom. The number of hydrogen-bond acceptors (Lipinski definition) is 4. The first-order chi connectivity index (χ1) is 15.0. The molecule has 5 heteroatoms. The van der Waals surface area contributed by atoms with Gasteiger partial charge in [-0.25, -0.2) is 0 Å². The summed E-state index contributed by atoms with van der Waals surface area (Å²) < 4.78 is 5.50. The predicted molar refractivity (Wildman–Crippen MR) is 126 cm³/mol. The molecule has 2 saturated heterocycles. The van der Waals surface area contributed by atoms with Crippen LogP contribution in [0.4, 0.5) is 5.69 Å². The molecule has 0 spiro atoms. The van der Waals surface area contributed by atoms with Crippen molar-refractivity contribution in [1.82, 2.24) is 9.80 Å². The molecule has 2 heterocycles. The number of benzene rings is 2. The minimum Gasteiger partial charge on any atom is -0.497 e. The second-order valence-electron chi connectivity index (χ2n) is 8.90. The van der Waals surface area contributed by atoms with Crippen molar-refractivity contribution in [3.63, 3.8) is 0 Å². The van der Waals surface area contributed by atoms with Crippen molar-refractivity contribution in [3.8, 4) is 5.75 Å². The van der Waals surface area contributed by atoms with E-state index in [-0.39, 0.29) is 11.4 Å². The van der Waals surface area contributed by atoms with Crippen molar-refractivity contribution < 1.29 is 9.53 Å². The number of fused-ring (bicyclic) bond motifs is 2. The Kier molecular flexibility index (Phi) is 6.24. The molecule has 2 fully saturated rings. The first-order valence-electron chi connectivity index (χ1n) is 11.5. The summed E-state index contributed by atoms with van der Waals surface area (Å²) in [6.45, 7) is 5.51. The number of hydrogen-bond donors (Lipinski definition) is 1. The van der Waals surface area contributed by atoms with Gasteiger partial charge in [-0.3, -0.25) is 9.69 Å². The van der Waals surface area contributed by atoms with Crippen LogP contribution in [0.2, 0.25) is 0 Å². The first kappa shape index (κ1) is 21.7. The molecule has 166 valence electrons. The van der Waals surface area contributed by atoms with Gasteiger partial charge in [0.1, 0.15) is 5.75 Å². The van der Waals surface area contributed by atoms with Gasteiger partial charge in [0.2, 0.25) is 0 Å². The monoisotopic (exact) mass is 421 g/mol. The number of nitrogens with one attached hydrogen (secondary N) is 1. The zero-order chi connectivity index (χ0) is 22.0. The molecule has 4 rings (SSSR count). The smallest absolute Gasteiger partial charge is 0.253 e. The van der Waals surface area contributed by atoms with E-state index in [9.17, 15) is 4.79 Å². The van der Waals surface area contributed by atoms with Gasteiger partial charge in [-0.15, -0.1) is 0 Å². The Balaban J connectivity index is 1.51. The number of amides is 1. The molecule has 0 saturated carbocycles. The molecule has 0 aromatic heterocycles. The number of methoxy groups -OCH3 is 1. The van der Waals surface area contributed by atoms with E-state index >= 15 is 0 Å². The second kappa shape index (κ2) is 8.91. The number of rotatable bonds is 7. The van der Waals surface area contributed by atoms with Crippen LogP contribution in [0.25, 0.3) is 0 Å². The van der Waals surface area contributed by atoms with E-state index in [0.717, 1.165) is 42.9 Å². The van der Waals surface area contributed by atoms with E-state index in [1.165, 1.54) is 18.4 Å². The van der Waals surface area contributed by atoms with Gasteiger partial charge in [-0.2, -0.15) is 0 Å². The molecule has 3 atom stereocenters. The largest absolute Gasteiger partial charge is 0.497 e. The molecule has 2 bridgehead atoms. The fraction of sp³-hybridized carbons (Fsp3) is 0.500. The topological polar surface area (TPSA) is 44.8 Å². The summed E-state index contributed by atoms with van der Waals surface area (Å²) in [7, 11) is 4.01. The number of carbonyl (C=O) groups is 1. The molecule has 3 unspecified atom stereocenters. The Morgan fingerprint density at radius 2 is 1.94 bits per heavy atom. The van der Waals surface area contributed by atoms with Gasteiger partial charge < -0.3 is 15.0 Å². The fourth-order valence-electron chi connectivity index (χ4n) is 5.59. The fourth-order valence-corrected chi connectivity index (χ4v) is 5.59. The van der Waals surface area contributed by atoms with E-state index in [0.29, 0.717) is 12.1 Å². The highest BCUT2D eigenvalue weighted by molar-refractivity contribution is 5.94. The van der Waals surface area contributed by atoms with Crippen LogP contribution in [0, 0.1) is 0 Å². The van der Waals surface area contributed by atoms with Crippen LogP contribution in [-0.4, -0.2) is 55.0 Å². The van der Waals surface area contributed by atoms with Crippen LogP contribution >= 0.6 is 0 Å². The lowest BCUT2D eigenvalue weighted by Gasteiger charge is -2.46. The zero-order valence-electron chi connectivity index (χ0n) is 19.2. The molecule has 2 aromatic rings. The zero-order valence-corrected chi connectivity index (χ0v) is 19.2. The molecule has 1 amide bonds. The summed E-state index contributed by atoms with van der Waals surface area (Å²) in [5.41, 5.74) is 3.24. The lowest BCUT2D eigenvalue weighted by molar-refractivity contribution is 0.0730. The maximum atomic E-state index is 12.6. The van der Waals surface area contributed by atoms with Crippen molar-refractivity contribution in [3.05, 3.63) is 59.7 Å². The molecule has 2 aliphatic rings. The molecule has 2 aliphatic heterocycles. The lowest BCUT2D eigenvalue weighted by atomic mass is 9.79. The normalized spacial score (nSPS) is 25.3. The van der Waals surface area contributed by atoms with Crippen LogP contribution in [0.5, 0.6) is 5.75 Å². The van der Waals surface area contributed by atoms with Crippen molar-refractivity contribution >= 4 is 11.6 Å². The van der Waals surface area contributed by atoms with Crippen molar-refractivity contribution in [1.29, 1.82) is 0 Å². The highest BCUT2D eigenvalue weighted by Crippen LogP contribution is 2.50. The van der Waals surface area contributed by atoms with Gasteiger partial charge in [-0.1, -0.05) is 12.1 Å². The van der Waals surface area contributed by atoms with E-state index in [2.05, 4.69) is 47.6 Å². The Labute approximate surface area is 186 Å². The SMILES string of the molecule is CCN(CC)C(=O)c1ccc(NC2CC3CCC(c4cccc(OC)c4)(C2)N3C)cc1. The van der Waals surface area contributed by atoms with Gasteiger partial charge in [0, 0.05) is 42.0 Å². The quantitative estimate of drug-likeness (QED) is 0.701. The second-order valence-corrected chi connectivity index (χ2v) is 8.90. The summed E-state index contributed by atoms with van der Waals surface area (Å²) in [5.74, 6) is 1.03. The van der Waals surface area contributed by atoms with E-state index < -0.39 is 0 Å². The highest BCUT2D eigenvalue weighted by Gasteiger charge is 2.50. The number of ether oxygens (including phenoxy) is 1. The molecule has 0 radical (unpaired) electrons. The number of piperidine rings is 1. The van der Waals surface area contributed by atoms with Crippen LogP contribution in [0.3, 0.4) is 0 Å². The summed E-state index contributed by atoms with van der Waals surface area (Å²) >= 11 is 0. The maximum Gasteiger partial charge on any atom is 0.253 e. The molecule has 1 N–H and O–H groups in total. The summed E-state index contributed by atoms with van der Waals surface area (Å²) in [6.07, 6.45) is 4.61. The van der Waals surface area contributed by atoms with E-state index in [1.54, 1.807) is 7.11 Å². The standard InChI is InChI=1S/C26H35N3O2/c1-5-29(6-2)25(30)19-10-12-21(13-11-19)27-22-17-23-14-15-26(18-22,28(23)3)20-8-7-9-24(16-20)31-4/h7-13,16,22-23,27H,5-6,14-15,17-18H2,1-4H3. The van der Waals surface area contributed by atoms with Crippen molar-refractivity contribution in [2.45, 2.75) is 57.2 Å². The number of carbonyl (C=O) groups excluding carboxylic acids is 1. The lowest BCUT2D eigenvalue weighted by Crippen LogP contribution is -2.51. The van der Waals surface area contributed by atoms with E-state index in [1.807, 2.05) is 36.9 Å². The van der Waals surface area contributed by atoms with Crippen molar-refractivity contribution in [2.24, 2.45) is 0 Å². The average molecular weight is 422 g/mol. The third-order valence-corrected chi connectivity index (χ3v) is 7.42. The van der Waals surface area contributed by atoms with Crippen molar-refractivity contribution in [2.75, 3.05) is 32.6 Å². The first-order valence-corrected chi connectivity index (χ1v) is 11.5. The average Bonchev–Trinajstić information content (AvgIpc) is 2.98. The molecular weight excluding hydrogens is 386 g/mol. The Bertz CT molecular complexity index is 909. The summed E-state index contributed by atoms with van der Waals surface area (Å²) in [6, 6.07) is 17.6. The van der Waals surface area contributed by atoms with E-state index in [4.69, 9.17) is 4.74 Å². The summed E-state index contributed by atoms with van der Waals surface area (Å²) in [5, 5.41) is 3.77. The third kappa shape index (κ3) is 4.03.